The maximum Gasteiger partial charge on any atom is 0.191 e. The summed E-state index contributed by atoms with van der Waals surface area (Å²) in [6.07, 6.45) is 3.67. The lowest BCUT2D eigenvalue weighted by Crippen LogP contribution is -2.11. The first-order chi connectivity index (χ1) is 10.3. The Labute approximate surface area is 126 Å². The number of imidazole rings is 1. The number of thiophene rings is 1. The smallest absolute Gasteiger partial charge is 0.191 e. The van der Waals surface area contributed by atoms with Crippen molar-refractivity contribution in [1.82, 2.24) is 24.7 Å². The Hall–Kier alpha value is -1.99. The Bertz CT molecular complexity index is 688. The number of nitrogens with zero attached hydrogens (tertiary/aromatic N) is 4. The van der Waals surface area contributed by atoms with Crippen molar-refractivity contribution >= 4 is 11.3 Å². The molecule has 0 radical (unpaired) electrons. The first-order valence-corrected chi connectivity index (χ1v) is 7.73. The standard InChI is InChI=1S/C14H17N5OS/c1-3-20-10(2)14-15-6-7-19(14)9-12-16-13(18-17-12)11-5-4-8-21-11/h4-8,10H,3,9H2,1-2H3,(H,16,17,18). The summed E-state index contributed by atoms with van der Waals surface area (Å²) in [5.41, 5.74) is 0. The van der Waals surface area contributed by atoms with E-state index in [0.29, 0.717) is 13.2 Å². The van der Waals surface area contributed by atoms with Gasteiger partial charge in [-0.2, -0.15) is 5.10 Å². The van der Waals surface area contributed by atoms with E-state index in [2.05, 4.69) is 20.2 Å². The van der Waals surface area contributed by atoms with Crippen LogP contribution in [0, 0.1) is 0 Å². The van der Waals surface area contributed by atoms with Crippen LogP contribution in [-0.4, -0.2) is 31.3 Å². The molecule has 0 aliphatic heterocycles. The van der Waals surface area contributed by atoms with E-state index < -0.39 is 0 Å². The summed E-state index contributed by atoms with van der Waals surface area (Å²) in [7, 11) is 0. The Balaban J connectivity index is 1.77. The maximum absolute atomic E-state index is 5.60. The lowest BCUT2D eigenvalue weighted by molar-refractivity contribution is 0.0677. The summed E-state index contributed by atoms with van der Waals surface area (Å²) in [4.78, 5) is 9.96. The van der Waals surface area contributed by atoms with Crippen molar-refractivity contribution in [2.45, 2.75) is 26.5 Å². The summed E-state index contributed by atoms with van der Waals surface area (Å²) < 4.78 is 7.63. The highest BCUT2D eigenvalue weighted by Crippen LogP contribution is 2.21. The van der Waals surface area contributed by atoms with Crippen LogP contribution in [0.4, 0.5) is 0 Å². The Morgan fingerprint density at radius 2 is 2.38 bits per heavy atom. The van der Waals surface area contributed by atoms with Gasteiger partial charge in [-0.1, -0.05) is 6.07 Å². The summed E-state index contributed by atoms with van der Waals surface area (Å²) >= 11 is 1.63. The molecular formula is C14H17N5OS. The normalized spacial score (nSPS) is 12.7. The molecule has 3 heterocycles. The molecule has 3 aromatic rings. The molecule has 0 saturated heterocycles. The van der Waals surface area contributed by atoms with Gasteiger partial charge < -0.3 is 9.30 Å². The topological polar surface area (TPSA) is 68.6 Å². The van der Waals surface area contributed by atoms with Gasteiger partial charge in [-0.05, 0) is 25.3 Å². The molecule has 21 heavy (non-hydrogen) atoms. The molecule has 0 amide bonds. The molecular weight excluding hydrogens is 286 g/mol. The number of nitrogens with one attached hydrogen (secondary N) is 1. The van der Waals surface area contributed by atoms with Crippen LogP contribution in [0.1, 0.15) is 31.6 Å². The third kappa shape index (κ3) is 3.03. The highest BCUT2D eigenvalue weighted by Gasteiger charge is 2.14. The van der Waals surface area contributed by atoms with Crippen molar-refractivity contribution in [1.29, 1.82) is 0 Å². The van der Waals surface area contributed by atoms with Crippen LogP contribution in [0.5, 0.6) is 0 Å². The number of aromatic amines is 1. The minimum atomic E-state index is -0.0373. The minimum absolute atomic E-state index is 0.0373. The fourth-order valence-electron chi connectivity index (χ4n) is 2.18. The van der Waals surface area contributed by atoms with Crippen molar-refractivity contribution < 1.29 is 4.74 Å². The number of hydrogen-bond acceptors (Lipinski definition) is 5. The van der Waals surface area contributed by atoms with E-state index in [-0.39, 0.29) is 6.10 Å². The molecule has 0 aliphatic carbocycles. The second-order valence-electron chi connectivity index (χ2n) is 4.59. The van der Waals surface area contributed by atoms with Crippen molar-refractivity contribution in [3.05, 3.63) is 41.6 Å². The molecule has 0 aliphatic rings. The van der Waals surface area contributed by atoms with Crippen LogP contribution in [0.2, 0.25) is 0 Å². The fraction of sp³-hybridized carbons (Fsp3) is 0.357. The van der Waals surface area contributed by atoms with Gasteiger partial charge in [-0.15, -0.1) is 11.3 Å². The quantitative estimate of drug-likeness (QED) is 0.760. The van der Waals surface area contributed by atoms with Gasteiger partial charge in [0, 0.05) is 19.0 Å². The van der Waals surface area contributed by atoms with E-state index in [1.54, 1.807) is 17.5 Å². The summed E-state index contributed by atoms with van der Waals surface area (Å²) in [6.45, 7) is 5.25. The van der Waals surface area contributed by atoms with Crippen LogP contribution in [0.25, 0.3) is 10.7 Å². The molecule has 0 spiro atoms. The molecule has 7 heteroatoms. The van der Waals surface area contributed by atoms with Gasteiger partial charge >= 0.3 is 0 Å². The third-order valence-electron chi connectivity index (χ3n) is 3.12. The SMILES string of the molecule is CCOC(C)c1nccn1Cc1nc(-c2cccs2)n[nH]1. The number of hydrogen-bond donors (Lipinski definition) is 1. The summed E-state index contributed by atoms with van der Waals surface area (Å²) in [5.74, 6) is 2.44. The zero-order valence-electron chi connectivity index (χ0n) is 12.0. The number of H-pyrrole nitrogens is 1. The molecule has 1 N–H and O–H groups in total. The van der Waals surface area contributed by atoms with Crippen LogP contribution in [0.3, 0.4) is 0 Å². The molecule has 110 valence electrons. The second kappa shape index (κ2) is 6.19. The lowest BCUT2D eigenvalue weighted by atomic mass is 10.3. The predicted molar refractivity (Wildman–Crippen MR) is 81.1 cm³/mol. The van der Waals surface area contributed by atoms with E-state index >= 15 is 0 Å². The second-order valence-corrected chi connectivity index (χ2v) is 5.54. The van der Waals surface area contributed by atoms with Crippen molar-refractivity contribution in [2.75, 3.05) is 6.61 Å². The molecule has 1 unspecified atom stereocenters. The predicted octanol–water partition coefficient (Wildman–Crippen LogP) is 2.88. The van der Waals surface area contributed by atoms with Crippen LogP contribution < -0.4 is 0 Å². The highest BCUT2D eigenvalue weighted by molar-refractivity contribution is 7.13. The van der Waals surface area contributed by atoms with Gasteiger partial charge in [-0.3, -0.25) is 5.10 Å². The molecule has 6 nitrogen and oxygen atoms in total. The van der Waals surface area contributed by atoms with Crippen molar-refractivity contribution in [3.63, 3.8) is 0 Å². The Morgan fingerprint density at radius 3 is 3.14 bits per heavy atom. The third-order valence-corrected chi connectivity index (χ3v) is 3.99. The average Bonchev–Trinajstić information content (AvgIpc) is 3.20. The molecule has 0 aromatic carbocycles. The largest absolute Gasteiger partial charge is 0.371 e. The van der Waals surface area contributed by atoms with Gasteiger partial charge in [-0.25, -0.2) is 9.97 Å². The first kappa shape index (κ1) is 14.0. The van der Waals surface area contributed by atoms with Crippen LogP contribution in [-0.2, 0) is 11.3 Å². The van der Waals surface area contributed by atoms with E-state index in [1.165, 1.54) is 0 Å². The fourth-order valence-corrected chi connectivity index (χ4v) is 2.84. The Morgan fingerprint density at radius 1 is 1.48 bits per heavy atom. The minimum Gasteiger partial charge on any atom is -0.371 e. The molecule has 3 rings (SSSR count). The van der Waals surface area contributed by atoms with Crippen molar-refractivity contribution in [3.8, 4) is 10.7 Å². The van der Waals surface area contributed by atoms with Gasteiger partial charge in [0.25, 0.3) is 0 Å². The molecule has 0 fully saturated rings. The first-order valence-electron chi connectivity index (χ1n) is 6.85. The summed E-state index contributed by atoms with van der Waals surface area (Å²) in [5, 5.41) is 9.26. The average molecular weight is 303 g/mol. The van der Waals surface area contributed by atoms with E-state index in [0.717, 1.165) is 22.4 Å². The van der Waals surface area contributed by atoms with E-state index in [4.69, 9.17) is 4.74 Å². The zero-order chi connectivity index (χ0) is 14.7. The lowest BCUT2D eigenvalue weighted by Gasteiger charge is -2.12. The highest BCUT2D eigenvalue weighted by atomic mass is 32.1. The number of aromatic nitrogens is 5. The molecule has 0 saturated carbocycles. The monoisotopic (exact) mass is 303 g/mol. The van der Waals surface area contributed by atoms with Gasteiger partial charge in [0.05, 0.1) is 11.4 Å². The van der Waals surface area contributed by atoms with Crippen LogP contribution in [0.15, 0.2) is 29.9 Å². The van der Waals surface area contributed by atoms with Crippen LogP contribution >= 0.6 is 11.3 Å². The molecule has 1 atom stereocenters. The maximum atomic E-state index is 5.60. The summed E-state index contributed by atoms with van der Waals surface area (Å²) in [6, 6.07) is 4.01. The van der Waals surface area contributed by atoms with Gasteiger partial charge in [0.1, 0.15) is 17.8 Å². The van der Waals surface area contributed by atoms with Gasteiger partial charge in [0.15, 0.2) is 5.82 Å². The van der Waals surface area contributed by atoms with E-state index in [9.17, 15) is 0 Å². The Kier molecular flexibility index (Phi) is 4.12. The molecule has 0 bridgehead atoms. The molecule has 3 aromatic heterocycles. The number of rotatable bonds is 6. The number of ether oxygens (including phenoxy) is 1. The van der Waals surface area contributed by atoms with Crippen molar-refractivity contribution in [2.24, 2.45) is 0 Å². The van der Waals surface area contributed by atoms with Gasteiger partial charge in [0.2, 0.25) is 0 Å². The van der Waals surface area contributed by atoms with E-state index in [1.807, 2.05) is 42.1 Å². The zero-order valence-corrected chi connectivity index (χ0v) is 12.8.